The molecule has 0 aromatic heterocycles. The van der Waals surface area contributed by atoms with E-state index in [1.54, 1.807) is 0 Å². The highest BCUT2D eigenvalue weighted by Crippen LogP contribution is 2.25. The fraction of sp³-hybridized carbons (Fsp3) is 0.562. The lowest BCUT2D eigenvalue weighted by Gasteiger charge is -2.23. The van der Waals surface area contributed by atoms with Gasteiger partial charge in [-0.15, -0.1) is 0 Å². The average molecular weight is 260 g/mol. The van der Waals surface area contributed by atoms with Crippen LogP contribution in [0.4, 0.5) is 0 Å². The first-order chi connectivity index (χ1) is 9.26. The fourth-order valence-corrected chi connectivity index (χ4v) is 2.95. The summed E-state index contributed by atoms with van der Waals surface area (Å²) < 4.78 is 0. The number of rotatable bonds is 5. The molecule has 1 aromatic carbocycles. The molecule has 104 valence electrons. The molecule has 3 nitrogen and oxygen atoms in total. The Bertz CT molecular complexity index is 404. The smallest absolute Gasteiger partial charge is 0.230 e. The van der Waals surface area contributed by atoms with Crippen molar-refractivity contribution in [2.24, 2.45) is 5.92 Å². The Hall–Kier alpha value is -1.35. The number of nitrogens with zero attached hydrogens (tertiary/aromatic N) is 1. The highest BCUT2D eigenvalue weighted by atomic mass is 16.2. The van der Waals surface area contributed by atoms with Crippen molar-refractivity contribution in [3.8, 4) is 0 Å². The van der Waals surface area contributed by atoms with Gasteiger partial charge in [-0.25, -0.2) is 0 Å². The van der Waals surface area contributed by atoms with E-state index in [4.69, 9.17) is 0 Å². The number of carbonyl (C=O) groups is 1. The normalized spacial score (nSPS) is 20.5. The van der Waals surface area contributed by atoms with Crippen molar-refractivity contribution in [1.29, 1.82) is 0 Å². The van der Waals surface area contributed by atoms with Crippen LogP contribution in [-0.4, -0.2) is 37.5 Å². The molecular formula is C16H24N2O. The molecule has 1 heterocycles. The monoisotopic (exact) mass is 260 g/mol. The van der Waals surface area contributed by atoms with Gasteiger partial charge in [-0.05, 0) is 37.9 Å². The van der Waals surface area contributed by atoms with Gasteiger partial charge in [0.15, 0.2) is 0 Å². The molecular weight excluding hydrogens is 236 g/mol. The van der Waals surface area contributed by atoms with E-state index in [0.29, 0.717) is 11.8 Å². The standard InChI is InChI=1S/C16H24N2O/c1-3-15(14-7-5-4-6-8-14)16(19)18-10-9-13(12-18)11-17-2/h4-8,13,15,17H,3,9-12H2,1-2H3. The van der Waals surface area contributed by atoms with Crippen LogP contribution >= 0.6 is 0 Å². The van der Waals surface area contributed by atoms with Crippen LogP contribution in [0.3, 0.4) is 0 Å². The molecule has 0 saturated carbocycles. The maximum Gasteiger partial charge on any atom is 0.230 e. The minimum atomic E-state index is 0.0227. The van der Waals surface area contributed by atoms with Gasteiger partial charge in [-0.1, -0.05) is 37.3 Å². The Balaban J connectivity index is 2.02. The molecule has 1 N–H and O–H groups in total. The average Bonchev–Trinajstić information content (AvgIpc) is 2.90. The summed E-state index contributed by atoms with van der Waals surface area (Å²) in [7, 11) is 1.98. The minimum absolute atomic E-state index is 0.0227. The molecule has 2 rings (SSSR count). The number of likely N-dealkylation sites (tertiary alicyclic amines) is 1. The first-order valence-electron chi connectivity index (χ1n) is 7.24. The van der Waals surface area contributed by atoms with Gasteiger partial charge >= 0.3 is 0 Å². The SMILES string of the molecule is CCC(C(=O)N1CCC(CNC)C1)c1ccccc1. The molecule has 0 spiro atoms. The summed E-state index contributed by atoms with van der Waals surface area (Å²) in [4.78, 5) is 14.7. The van der Waals surface area contributed by atoms with Crippen molar-refractivity contribution < 1.29 is 4.79 Å². The largest absolute Gasteiger partial charge is 0.342 e. The second-order valence-corrected chi connectivity index (χ2v) is 5.37. The molecule has 1 amide bonds. The van der Waals surface area contributed by atoms with E-state index in [-0.39, 0.29) is 5.92 Å². The maximum absolute atomic E-state index is 12.6. The lowest BCUT2D eigenvalue weighted by Crippen LogP contribution is -2.34. The lowest BCUT2D eigenvalue weighted by atomic mass is 9.95. The summed E-state index contributed by atoms with van der Waals surface area (Å²) in [6.07, 6.45) is 1.99. The van der Waals surface area contributed by atoms with Crippen molar-refractivity contribution in [3.05, 3.63) is 35.9 Å². The third-order valence-corrected chi connectivity index (χ3v) is 4.00. The van der Waals surface area contributed by atoms with Crippen molar-refractivity contribution in [1.82, 2.24) is 10.2 Å². The van der Waals surface area contributed by atoms with E-state index in [9.17, 15) is 4.79 Å². The van der Waals surface area contributed by atoms with Crippen molar-refractivity contribution in [2.45, 2.75) is 25.7 Å². The van der Waals surface area contributed by atoms with Crippen LogP contribution in [-0.2, 0) is 4.79 Å². The van der Waals surface area contributed by atoms with Crippen LogP contribution in [0.1, 0.15) is 31.2 Å². The Morgan fingerprint density at radius 1 is 1.42 bits per heavy atom. The first kappa shape index (κ1) is 14.1. The quantitative estimate of drug-likeness (QED) is 0.880. The molecule has 2 atom stereocenters. The number of nitrogens with one attached hydrogen (secondary N) is 1. The zero-order chi connectivity index (χ0) is 13.7. The molecule has 1 saturated heterocycles. The van der Waals surface area contributed by atoms with Crippen LogP contribution in [0, 0.1) is 5.92 Å². The maximum atomic E-state index is 12.6. The zero-order valence-corrected chi connectivity index (χ0v) is 11.9. The molecule has 2 unspecified atom stereocenters. The summed E-state index contributed by atoms with van der Waals surface area (Å²) >= 11 is 0. The lowest BCUT2D eigenvalue weighted by molar-refractivity contribution is -0.132. The molecule has 19 heavy (non-hydrogen) atoms. The number of benzene rings is 1. The number of amides is 1. The van der Waals surface area contributed by atoms with Crippen molar-refractivity contribution >= 4 is 5.91 Å². The first-order valence-corrected chi connectivity index (χ1v) is 7.24. The zero-order valence-electron chi connectivity index (χ0n) is 11.9. The third kappa shape index (κ3) is 3.35. The van der Waals surface area contributed by atoms with Gasteiger partial charge in [0.25, 0.3) is 0 Å². The molecule has 0 aliphatic carbocycles. The molecule has 3 heteroatoms. The van der Waals surface area contributed by atoms with Gasteiger partial charge in [0.1, 0.15) is 0 Å². The topological polar surface area (TPSA) is 32.3 Å². The second kappa shape index (κ2) is 6.71. The third-order valence-electron chi connectivity index (χ3n) is 4.00. The second-order valence-electron chi connectivity index (χ2n) is 5.37. The van der Waals surface area contributed by atoms with Gasteiger partial charge in [-0.3, -0.25) is 4.79 Å². The summed E-state index contributed by atoms with van der Waals surface area (Å²) in [5, 5.41) is 3.21. The molecule has 1 aliphatic rings. The van der Waals surface area contributed by atoms with Crippen LogP contribution in [0.5, 0.6) is 0 Å². The fourth-order valence-electron chi connectivity index (χ4n) is 2.95. The predicted molar refractivity (Wildman–Crippen MR) is 78.1 cm³/mol. The van der Waals surface area contributed by atoms with Crippen LogP contribution in [0.25, 0.3) is 0 Å². The Kier molecular flexibility index (Phi) is 4.97. The minimum Gasteiger partial charge on any atom is -0.342 e. The van der Waals surface area contributed by atoms with Crippen LogP contribution in [0.2, 0.25) is 0 Å². The molecule has 0 radical (unpaired) electrons. The van der Waals surface area contributed by atoms with Crippen molar-refractivity contribution in [2.75, 3.05) is 26.7 Å². The molecule has 1 aliphatic heterocycles. The number of carbonyl (C=O) groups excluding carboxylic acids is 1. The summed E-state index contributed by atoms with van der Waals surface area (Å²) in [6.45, 7) is 4.92. The van der Waals surface area contributed by atoms with Gasteiger partial charge in [0.05, 0.1) is 5.92 Å². The summed E-state index contributed by atoms with van der Waals surface area (Å²) in [5.74, 6) is 0.934. The van der Waals surface area contributed by atoms with E-state index >= 15 is 0 Å². The van der Waals surface area contributed by atoms with E-state index in [1.807, 2.05) is 30.1 Å². The van der Waals surface area contributed by atoms with Gasteiger partial charge in [-0.2, -0.15) is 0 Å². The predicted octanol–water partition coefficient (Wildman–Crippen LogP) is 2.25. The van der Waals surface area contributed by atoms with Crippen molar-refractivity contribution in [3.63, 3.8) is 0 Å². The molecule has 1 fully saturated rings. The number of hydrogen-bond acceptors (Lipinski definition) is 2. The highest BCUT2D eigenvalue weighted by molar-refractivity contribution is 5.84. The summed E-state index contributed by atoms with van der Waals surface area (Å²) in [6, 6.07) is 10.2. The van der Waals surface area contributed by atoms with Gasteiger partial charge < -0.3 is 10.2 Å². The van der Waals surface area contributed by atoms with Gasteiger partial charge in [0, 0.05) is 13.1 Å². The van der Waals surface area contributed by atoms with Crippen LogP contribution in [0.15, 0.2) is 30.3 Å². The van der Waals surface area contributed by atoms with E-state index in [2.05, 4.69) is 24.4 Å². The van der Waals surface area contributed by atoms with E-state index in [1.165, 1.54) is 0 Å². The molecule has 0 bridgehead atoms. The summed E-state index contributed by atoms with van der Waals surface area (Å²) in [5.41, 5.74) is 1.15. The molecule has 1 aromatic rings. The van der Waals surface area contributed by atoms with Crippen LogP contribution < -0.4 is 5.32 Å². The Morgan fingerprint density at radius 2 is 2.16 bits per heavy atom. The Morgan fingerprint density at radius 3 is 2.79 bits per heavy atom. The number of hydrogen-bond donors (Lipinski definition) is 1. The highest BCUT2D eigenvalue weighted by Gasteiger charge is 2.30. The Labute approximate surface area is 116 Å². The van der Waals surface area contributed by atoms with Gasteiger partial charge in [0.2, 0.25) is 5.91 Å². The van der Waals surface area contributed by atoms with E-state index in [0.717, 1.165) is 38.0 Å². The van der Waals surface area contributed by atoms with E-state index < -0.39 is 0 Å².